The third-order valence-corrected chi connectivity index (χ3v) is 5.66. The molecule has 5 nitrogen and oxygen atoms in total. The zero-order valence-electron chi connectivity index (χ0n) is 15.3. The molecule has 0 bridgehead atoms. The van der Waals surface area contributed by atoms with Crippen LogP contribution in [0.15, 0.2) is 72.2 Å². The van der Waals surface area contributed by atoms with Crippen molar-refractivity contribution in [1.82, 2.24) is 10.3 Å². The molecule has 0 saturated carbocycles. The number of carbonyl (C=O) groups excluding carboxylic acids is 2. The molecule has 3 N–H and O–H groups in total. The summed E-state index contributed by atoms with van der Waals surface area (Å²) in [4.78, 5) is 29.4. The van der Waals surface area contributed by atoms with Gasteiger partial charge in [0.25, 0.3) is 5.91 Å². The molecule has 7 heteroatoms. The van der Waals surface area contributed by atoms with Crippen molar-refractivity contribution in [3.05, 3.63) is 87.7 Å². The van der Waals surface area contributed by atoms with Gasteiger partial charge in [0.1, 0.15) is 6.04 Å². The number of amides is 2. The molecule has 0 aliphatic carbocycles. The Morgan fingerprint density at radius 2 is 1.93 bits per heavy atom. The zero-order valence-corrected chi connectivity index (χ0v) is 16.9. The maximum atomic E-state index is 13.0. The van der Waals surface area contributed by atoms with Gasteiger partial charge in [-0.25, -0.2) is 0 Å². The second kappa shape index (κ2) is 8.51. The summed E-state index contributed by atoms with van der Waals surface area (Å²) in [7, 11) is 0. The van der Waals surface area contributed by atoms with Crippen molar-refractivity contribution in [2.45, 2.75) is 12.5 Å². The molecule has 1 unspecified atom stereocenters. The molecule has 1 atom stereocenters. The van der Waals surface area contributed by atoms with Crippen LogP contribution in [-0.4, -0.2) is 22.8 Å². The molecule has 146 valence electrons. The lowest BCUT2D eigenvalue weighted by atomic mass is 10.0. The SMILES string of the molecule is O=C(NC(Cc1c[nH]c2ccccc12)C(=O)Nc1cccc(Cl)c1)c1cccs1. The van der Waals surface area contributed by atoms with E-state index in [1.807, 2.05) is 35.8 Å². The Morgan fingerprint density at radius 3 is 2.72 bits per heavy atom. The lowest BCUT2D eigenvalue weighted by molar-refractivity contribution is -0.118. The Labute approximate surface area is 176 Å². The van der Waals surface area contributed by atoms with Gasteiger partial charge in [0.05, 0.1) is 4.88 Å². The molecule has 0 radical (unpaired) electrons. The topological polar surface area (TPSA) is 74.0 Å². The Bertz CT molecular complexity index is 1150. The van der Waals surface area contributed by atoms with Crippen molar-refractivity contribution >= 4 is 51.3 Å². The van der Waals surface area contributed by atoms with Gasteiger partial charge in [-0.1, -0.05) is 41.9 Å². The van der Waals surface area contributed by atoms with Crippen molar-refractivity contribution in [3.8, 4) is 0 Å². The summed E-state index contributed by atoms with van der Waals surface area (Å²) in [6.45, 7) is 0. The number of aromatic nitrogens is 1. The highest BCUT2D eigenvalue weighted by atomic mass is 35.5. The summed E-state index contributed by atoms with van der Waals surface area (Å²) in [5, 5.41) is 9.10. The quantitative estimate of drug-likeness (QED) is 0.414. The molecule has 4 rings (SSSR count). The van der Waals surface area contributed by atoms with Gasteiger partial charge in [-0.15, -0.1) is 11.3 Å². The number of benzene rings is 2. The predicted octanol–water partition coefficient (Wildman–Crippen LogP) is 4.86. The van der Waals surface area contributed by atoms with Crippen LogP contribution in [0, 0.1) is 0 Å². The summed E-state index contributed by atoms with van der Waals surface area (Å²) >= 11 is 7.35. The van der Waals surface area contributed by atoms with Crippen LogP contribution in [0.4, 0.5) is 5.69 Å². The molecule has 0 aliphatic rings. The van der Waals surface area contributed by atoms with E-state index in [2.05, 4.69) is 15.6 Å². The second-order valence-corrected chi connectivity index (χ2v) is 7.95. The van der Waals surface area contributed by atoms with Gasteiger partial charge in [0.15, 0.2) is 0 Å². The van der Waals surface area contributed by atoms with E-state index in [0.717, 1.165) is 16.5 Å². The third kappa shape index (κ3) is 4.50. The summed E-state index contributed by atoms with van der Waals surface area (Å²) in [5.74, 6) is -0.575. The van der Waals surface area contributed by atoms with Crippen LogP contribution in [-0.2, 0) is 11.2 Å². The van der Waals surface area contributed by atoms with E-state index >= 15 is 0 Å². The van der Waals surface area contributed by atoms with E-state index in [4.69, 9.17) is 11.6 Å². The second-order valence-electron chi connectivity index (χ2n) is 6.57. The number of aromatic amines is 1. The summed E-state index contributed by atoms with van der Waals surface area (Å²) < 4.78 is 0. The van der Waals surface area contributed by atoms with Crippen LogP contribution < -0.4 is 10.6 Å². The normalized spacial score (nSPS) is 11.9. The van der Waals surface area contributed by atoms with Crippen molar-refractivity contribution in [1.29, 1.82) is 0 Å². The fourth-order valence-corrected chi connectivity index (χ4v) is 3.98. The number of nitrogens with one attached hydrogen (secondary N) is 3. The van der Waals surface area contributed by atoms with E-state index < -0.39 is 6.04 Å². The maximum Gasteiger partial charge on any atom is 0.262 e. The molecule has 0 saturated heterocycles. The Balaban J connectivity index is 1.59. The van der Waals surface area contributed by atoms with Crippen molar-refractivity contribution in [2.75, 3.05) is 5.32 Å². The molecular weight excluding hydrogens is 406 g/mol. The minimum absolute atomic E-state index is 0.272. The fraction of sp³-hybridized carbons (Fsp3) is 0.0909. The molecule has 2 heterocycles. The number of halogens is 1. The number of H-pyrrole nitrogens is 1. The minimum Gasteiger partial charge on any atom is -0.361 e. The van der Waals surface area contributed by atoms with Crippen molar-refractivity contribution < 1.29 is 9.59 Å². The van der Waals surface area contributed by atoms with E-state index in [-0.39, 0.29) is 11.8 Å². The standard InChI is InChI=1S/C22H18ClN3O2S/c23-15-5-3-6-16(12-15)25-21(27)19(26-22(28)20-9-4-10-29-20)11-14-13-24-18-8-2-1-7-17(14)18/h1-10,12-13,19,24H,11H2,(H,25,27)(H,26,28). The van der Waals surface area contributed by atoms with Gasteiger partial charge >= 0.3 is 0 Å². The molecule has 29 heavy (non-hydrogen) atoms. The smallest absolute Gasteiger partial charge is 0.262 e. The summed E-state index contributed by atoms with van der Waals surface area (Å²) in [6.07, 6.45) is 2.23. The summed E-state index contributed by atoms with van der Waals surface area (Å²) in [6, 6.07) is 17.6. The van der Waals surface area contributed by atoms with Gasteiger partial charge in [-0.3, -0.25) is 9.59 Å². The number of carbonyl (C=O) groups is 2. The Kier molecular flexibility index (Phi) is 5.64. The minimum atomic E-state index is -0.747. The molecule has 0 spiro atoms. The number of hydrogen-bond donors (Lipinski definition) is 3. The first-order valence-corrected chi connectivity index (χ1v) is 10.3. The van der Waals surface area contributed by atoms with Gasteiger partial charge < -0.3 is 15.6 Å². The highest BCUT2D eigenvalue weighted by Gasteiger charge is 2.24. The molecule has 2 amide bonds. The highest BCUT2D eigenvalue weighted by Crippen LogP contribution is 2.21. The molecule has 2 aromatic carbocycles. The van der Waals surface area contributed by atoms with E-state index in [1.54, 1.807) is 36.4 Å². The number of hydrogen-bond acceptors (Lipinski definition) is 3. The lowest BCUT2D eigenvalue weighted by Gasteiger charge is -2.18. The third-order valence-electron chi connectivity index (χ3n) is 4.56. The first-order valence-electron chi connectivity index (χ1n) is 9.06. The van der Waals surface area contributed by atoms with E-state index in [0.29, 0.717) is 22.0 Å². The lowest BCUT2D eigenvalue weighted by Crippen LogP contribution is -2.45. The predicted molar refractivity (Wildman–Crippen MR) is 118 cm³/mol. The number of fused-ring (bicyclic) bond motifs is 1. The van der Waals surface area contributed by atoms with Crippen molar-refractivity contribution in [2.24, 2.45) is 0 Å². The number of rotatable bonds is 6. The van der Waals surface area contributed by atoms with Gasteiger partial charge in [-0.05, 0) is 41.3 Å². The van der Waals surface area contributed by atoms with Crippen LogP contribution in [0.25, 0.3) is 10.9 Å². The maximum absolute atomic E-state index is 13.0. The molecule has 2 aromatic heterocycles. The van der Waals surface area contributed by atoms with Gasteiger partial charge in [-0.2, -0.15) is 0 Å². The van der Waals surface area contributed by atoms with Crippen LogP contribution in [0.5, 0.6) is 0 Å². The summed E-state index contributed by atoms with van der Waals surface area (Å²) in [5.41, 5.74) is 2.52. The zero-order chi connectivity index (χ0) is 20.2. The fourth-order valence-electron chi connectivity index (χ4n) is 3.16. The Hall–Kier alpha value is -3.09. The number of thiophene rings is 1. The van der Waals surface area contributed by atoms with Crippen LogP contribution in [0.2, 0.25) is 5.02 Å². The average molecular weight is 424 g/mol. The monoisotopic (exact) mass is 423 g/mol. The molecule has 0 aliphatic heterocycles. The van der Waals surface area contributed by atoms with E-state index in [1.165, 1.54) is 11.3 Å². The van der Waals surface area contributed by atoms with E-state index in [9.17, 15) is 9.59 Å². The number of anilines is 1. The molecular formula is C22H18ClN3O2S. The van der Waals surface area contributed by atoms with Gasteiger partial charge in [0.2, 0.25) is 5.91 Å². The van der Waals surface area contributed by atoms with Crippen LogP contribution in [0.1, 0.15) is 15.2 Å². The van der Waals surface area contributed by atoms with Crippen molar-refractivity contribution in [3.63, 3.8) is 0 Å². The number of para-hydroxylation sites is 1. The van der Waals surface area contributed by atoms with Crippen LogP contribution >= 0.6 is 22.9 Å². The first kappa shape index (κ1) is 19.2. The first-order chi connectivity index (χ1) is 14.1. The molecule has 0 fully saturated rings. The van der Waals surface area contributed by atoms with Crippen LogP contribution in [0.3, 0.4) is 0 Å². The largest absolute Gasteiger partial charge is 0.361 e. The molecule has 4 aromatic rings. The Morgan fingerprint density at radius 1 is 1.07 bits per heavy atom. The highest BCUT2D eigenvalue weighted by molar-refractivity contribution is 7.12. The van der Waals surface area contributed by atoms with Gasteiger partial charge in [0, 0.05) is 34.2 Å². The average Bonchev–Trinajstić information content (AvgIpc) is 3.38.